The van der Waals surface area contributed by atoms with Gasteiger partial charge in [0.25, 0.3) is 5.56 Å². The van der Waals surface area contributed by atoms with Crippen molar-refractivity contribution in [2.75, 3.05) is 0 Å². The predicted octanol–water partition coefficient (Wildman–Crippen LogP) is -1.26. The highest BCUT2D eigenvalue weighted by Crippen LogP contribution is 2.31. The Morgan fingerprint density at radius 2 is 1.90 bits per heavy atom. The molecule has 4 N–H and O–H groups in total. The number of aromatic nitrogens is 2. The standard InChI is InChI=1S/C10H13N3O6S/c14-7-6(5-11-9(17)12-7)20(18,19)13-10(8(15)16)3-1-2-4-10/h5,13H,1-4H2,(H,15,16)(H2,11,12,14,17). The van der Waals surface area contributed by atoms with Gasteiger partial charge in [-0.2, -0.15) is 4.72 Å². The lowest BCUT2D eigenvalue weighted by Gasteiger charge is -2.24. The Morgan fingerprint density at radius 3 is 2.40 bits per heavy atom. The van der Waals surface area contributed by atoms with Crippen LogP contribution >= 0.6 is 0 Å². The van der Waals surface area contributed by atoms with Gasteiger partial charge in [-0.1, -0.05) is 12.8 Å². The van der Waals surface area contributed by atoms with E-state index in [1.54, 1.807) is 4.98 Å². The van der Waals surface area contributed by atoms with Crippen LogP contribution in [0.25, 0.3) is 0 Å². The molecule has 1 aromatic rings. The largest absolute Gasteiger partial charge is 0.480 e. The van der Waals surface area contributed by atoms with Crippen molar-refractivity contribution in [3.63, 3.8) is 0 Å². The first kappa shape index (κ1) is 14.5. The van der Waals surface area contributed by atoms with Gasteiger partial charge in [0.1, 0.15) is 5.54 Å². The number of nitrogens with one attached hydrogen (secondary N) is 3. The predicted molar refractivity (Wildman–Crippen MR) is 66.8 cm³/mol. The van der Waals surface area contributed by atoms with E-state index in [9.17, 15) is 27.9 Å². The molecule has 1 aromatic heterocycles. The molecule has 1 fully saturated rings. The van der Waals surface area contributed by atoms with Crippen molar-refractivity contribution in [2.24, 2.45) is 0 Å². The van der Waals surface area contributed by atoms with Crippen molar-refractivity contribution < 1.29 is 18.3 Å². The van der Waals surface area contributed by atoms with Gasteiger partial charge >= 0.3 is 11.7 Å². The highest BCUT2D eigenvalue weighted by molar-refractivity contribution is 7.89. The number of carboxylic acids is 1. The maximum Gasteiger partial charge on any atom is 0.325 e. The molecule has 110 valence electrons. The third-order valence-corrected chi connectivity index (χ3v) is 4.81. The van der Waals surface area contributed by atoms with Gasteiger partial charge in [0.2, 0.25) is 10.0 Å². The number of aromatic amines is 2. The van der Waals surface area contributed by atoms with Crippen LogP contribution in [0.5, 0.6) is 0 Å². The van der Waals surface area contributed by atoms with Crippen LogP contribution in [0, 0.1) is 0 Å². The number of H-pyrrole nitrogens is 2. The van der Waals surface area contributed by atoms with Gasteiger partial charge in [0.05, 0.1) is 0 Å². The minimum Gasteiger partial charge on any atom is -0.480 e. The first-order valence-corrected chi connectivity index (χ1v) is 7.35. The van der Waals surface area contributed by atoms with Crippen molar-refractivity contribution in [1.82, 2.24) is 14.7 Å². The molecule has 9 nitrogen and oxygen atoms in total. The van der Waals surface area contributed by atoms with E-state index < -0.39 is 37.7 Å². The normalized spacial score (nSPS) is 18.0. The van der Waals surface area contributed by atoms with Crippen LogP contribution in [0.2, 0.25) is 0 Å². The molecule has 0 saturated heterocycles. The summed E-state index contributed by atoms with van der Waals surface area (Å²) in [5.74, 6) is -1.28. The van der Waals surface area contributed by atoms with E-state index in [1.807, 2.05) is 4.98 Å². The van der Waals surface area contributed by atoms with Crippen LogP contribution in [-0.4, -0.2) is 35.0 Å². The zero-order valence-corrected chi connectivity index (χ0v) is 11.1. The van der Waals surface area contributed by atoms with Crippen LogP contribution < -0.4 is 16.0 Å². The van der Waals surface area contributed by atoms with Gasteiger partial charge in [-0.25, -0.2) is 13.2 Å². The van der Waals surface area contributed by atoms with E-state index in [0.717, 1.165) is 6.20 Å². The number of carbonyl (C=O) groups is 1. The van der Waals surface area contributed by atoms with Crippen molar-refractivity contribution in [3.05, 3.63) is 27.0 Å². The average Bonchev–Trinajstić information content (AvgIpc) is 2.77. The van der Waals surface area contributed by atoms with E-state index in [1.165, 1.54) is 0 Å². The maximum atomic E-state index is 12.1. The molecule has 2 rings (SSSR count). The van der Waals surface area contributed by atoms with Gasteiger partial charge < -0.3 is 10.1 Å². The van der Waals surface area contributed by atoms with Gasteiger partial charge in [-0.05, 0) is 12.8 Å². The second kappa shape index (κ2) is 4.87. The molecule has 1 heterocycles. The summed E-state index contributed by atoms with van der Waals surface area (Å²) in [5.41, 5.74) is -3.54. The quantitative estimate of drug-likeness (QED) is 0.545. The monoisotopic (exact) mass is 303 g/mol. The second-order valence-electron chi connectivity index (χ2n) is 4.64. The van der Waals surface area contributed by atoms with Crippen molar-refractivity contribution in [2.45, 2.75) is 36.1 Å². The zero-order chi connectivity index (χ0) is 15.0. The molecule has 1 aliphatic carbocycles. The molecule has 0 aromatic carbocycles. The van der Waals surface area contributed by atoms with Gasteiger partial charge in [-0.3, -0.25) is 14.6 Å². The summed E-state index contributed by atoms with van der Waals surface area (Å²) in [6.07, 6.45) is 2.22. The Bertz CT molecular complexity index is 741. The average molecular weight is 303 g/mol. The molecule has 10 heteroatoms. The summed E-state index contributed by atoms with van der Waals surface area (Å²) in [6, 6.07) is 0. The molecule has 0 atom stereocenters. The summed E-state index contributed by atoms with van der Waals surface area (Å²) >= 11 is 0. The molecule has 20 heavy (non-hydrogen) atoms. The lowest BCUT2D eigenvalue weighted by atomic mass is 10.0. The molecular weight excluding hydrogens is 290 g/mol. The van der Waals surface area contributed by atoms with Crippen LogP contribution in [0.1, 0.15) is 25.7 Å². The number of hydrogen-bond donors (Lipinski definition) is 4. The van der Waals surface area contributed by atoms with Crippen LogP contribution in [0.3, 0.4) is 0 Å². The molecule has 1 aliphatic rings. The number of aliphatic carboxylic acids is 1. The van der Waals surface area contributed by atoms with Crippen molar-refractivity contribution >= 4 is 16.0 Å². The summed E-state index contributed by atoms with van der Waals surface area (Å²) < 4.78 is 26.3. The second-order valence-corrected chi connectivity index (χ2v) is 6.29. The fraction of sp³-hybridized carbons (Fsp3) is 0.500. The number of hydrogen-bond acceptors (Lipinski definition) is 5. The Hall–Kier alpha value is -1.94. The topological polar surface area (TPSA) is 149 Å². The van der Waals surface area contributed by atoms with E-state index in [-0.39, 0.29) is 12.8 Å². The number of rotatable bonds is 4. The van der Waals surface area contributed by atoms with Crippen LogP contribution in [0.4, 0.5) is 0 Å². The summed E-state index contributed by atoms with van der Waals surface area (Å²) in [6.45, 7) is 0. The smallest absolute Gasteiger partial charge is 0.325 e. The van der Waals surface area contributed by atoms with E-state index in [2.05, 4.69) is 4.72 Å². The molecule has 0 unspecified atom stereocenters. The highest BCUT2D eigenvalue weighted by Gasteiger charge is 2.45. The third kappa shape index (κ3) is 2.51. The van der Waals surface area contributed by atoms with E-state index in [4.69, 9.17) is 0 Å². The van der Waals surface area contributed by atoms with Gasteiger partial charge in [0, 0.05) is 6.20 Å². The van der Waals surface area contributed by atoms with Crippen LogP contribution in [-0.2, 0) is 14.8 Å². The Balaban J connectivity index is 2.43. The first-order chi connectivity index (χ1) is 9.27. The first-order valence-electron chi connectivity index (χ1n) is 5.86. The number of sulfonamides is 1. The summed E-state index contributed by atoms with van der Waals surface area (Å²) in [4.78, 5) is 36.8. The Labute approximate surface area is 113 Å². The lowest BCUT2D eigenvalue weighted by molar-refractivity contribution is -0.143. The summed E-state index contributed by atoms with van der Waals surface area (Å²) in [7, 11) is -4.34. The van der Waals surface area contributed by atoms with Crippen LogP contribution in [0.15, 0.2) is 20.7 Å². The third-order valence-electron chi connectivity index (χ3n) is 3.27. The minimum atomic E-state index is -4.34. The van der Waals surface area contributed by atoms with Gasteiger partial charge in [-0.15, -0.1) is 0 Å². The molecule has 0 aliphatic heterocycles. The Kier molecular flexibility index (Phi) is 3.52. The summed E-state index contributed by atoms with van der Waals surface area (Å²) in [5, 5.41) is 9.22. The molecule has 1 saturated carbocycles. The lowest BCUT2D eigenvalue weighted by Crippen LogP contribution is -2.53. The minimum absolute atomic E-state index is 0.156. The molecule has 0 bridgehead atoms. The molecule has 0 radical (unpaired) electrons. The number of carboxylic acid groups (broad SMARTS) is 1. The molecular formula is C10H13N3O6S. The zero-order valence-electron chi connectivity index (χ0n) is 10.3. The molecule has 0 amide bonds. The van der Waals surface area contributed by atoms with Crippen molar-refractivity contribution in [1.29, 1.82) is 0 Å². The highest BCUT2D eigenvalue weighted by atomic mass is 32.2. The van der Waals surface area contributed by atoms with E-state index >= 15 is 0 Å². The molecule has 0 spiro atoms. The Morgan fingerprint density at radius 1 is 1.30 bits per heavy atom. The fourth-order valence-corrected chi connectivity index (χ4v) is 3.67. The fourth-order valence-electron chi connectivity index (χ4n) is 2.25. The van der Waals surface area contributed by atoms with Crippen molar-refractivity contribution in [3.8, 4) is 0 Å². The maximum absolute atomic E-state index is 12.1. The SMILES string of the molecule is O=C(O)C1(NS(=O)(=O)c2c[nH]c(=O)[nH]c2=O)CCCC1. The van der Waals surface area contributed by atoms with Gasteiger partial charge in [0.15, 0.2) is 4.90 Å². The van der Waals surface area contributed by atoms with E-state index in [0.29, 0.717) is 12.8 Å².